The average Bonchev–Trinajstić information content (AvgIpc) is 3.35. The Morgan fingerprint density at radius 2 is 1.91 bits per heavy atom. The molecule has 3 aromatic rings. The van der Waals surface area contributed by atoms with E-state index in [4.69, 9.17) is 11.6 Å². The second-order valence-electron chi connectivity index (χ2n) is 8.61. The van der Waals surface area contributed by atoms with Crippen molar-refractivity contribution in [3.05, 3.63) is 64.6 Å². The van der Waals surface area contributed by atoms with Crippen molar-refractivity contribution in [2.24, 2.45) is 11.8 Å². The van der Waals surface area contributed by atoms with Gasteiger partial charge in [-0.1, -0.05) is 23.7 Å². The molecule has 1 amide bonds. The summed E-state index contributed by atoms with van der Waals surface area (Å²) < 4.78 is 29.9. The Labute approximate surface area is 199 Å². The minimum absolute atomic E-state index is 0.0235. The molecule has 6 nitrogen and oxygen atoms in total. The molecule has 1 aliphatic rings. The van der Waals surface area contributed by atoms with E-state index in [0.29, 0.717) is 16.5 Å². The summed E-state index contributed by atoms with van der Waals surface area (Å²) in [6.07, 6.45) is 0.0211. The highest BCUT2D eigenvalue weighted by Crippen LogP contribution is 2.36. The van der Waals surface area contributed by atoms with Gasteiger partial charge in [-0.3, -0.25) is 14.4 Å². The highest BCUT2D eigenvalue weighted by Gasteiger charge is 2.42. The van der Waals surface area contributed by atoms with Crippen molar-refractivity contribution in [1.29, 1.82) is 0 Å². The molecule has 0 radical (unpaired) electrons. The average molecular weight is 489 g/mol. The molecular weight excluding hydrogens is 466 g/mol. The summed E-state index contributed by atoms with van der Waals surface area (Å²) in [7, 11) is 0. The number of hydrogen-bond donors (Lipinski definition) is 2. The van der Waals surface area contributed by atoms with Crippen LogP contribution in [0.4, 0.5) is 8.78 Å². The van der Waals surface area contributed by atoms with E-state index in [1.807, 2.05) is 0 Å². The molecule has 34 heavy (non-hydrogen) atoms. The number of amides is 1. The van der Waals surface area contributed by atoms with E-state index in [9.17, 15) is 28.3 Å². The zero-order valence-corrected chi connectivity index (χ0v) is 19.1. The number of aromatic nitrogens is 1. The maximum absolute atomic E-state index is 14.3. The molecule has 0 spiro atoms. The molecule has 0 aliphatic heterocycles. The fourth-order valence-corrected chi connectivity index (χ4v) is 4.79. The van der Waals surface area contributed by atoms with Gasteiger partial charge in [-0.2, -0.15) is 0 Å². The maximum atomic E-state index is 14.3. The first-order chi connectivity index (χ1) is 16.2. The largest absolute Gasteiger partial charge is 0.508 e. The molecule has 2 N–H and O–H groups in total. The summed E-state index contributed by atoms with van der Waals surface area (Å²) in [6, 6.07) is 8.93. The lowest BCUT2D eigenvalue weighted by atomic mass is 9.91. The first kappa shape index (κ1) is 23.9. The van der Waals surface area contributed by atoms with Crippen molar-refractivity contribution in [2.75, 3.05) is 0 Å². The molecule has 0 bridgehead atoms. The highest BCUT2D eigenvalue weighted by molar-refractivity contribution is 6.30. The van der Waals surface area contributed by atoms with Gasteiger partial charge in [-0.25, -0.2) is 8.78 Å². The molecule has 1 heterocycles. The van der Waals surface area contributed by atoms with Crippen molar-refractivity contribution >= 4 is 40.0 Å². The summed E-state index contributed by atoms with van der Waals surface area (Å²) in [5, 5.41) is 13.0. The molecule has 178 valence electrons. The van der Waals surface area contributed by atoms with E-state index in [1.54, 1.807) is 12.1 Å². The monoisotopic (exact) mass is 488 g/mol. The normalized spacial score (nSPS) is 19.9. The predicted molar refractivity (Wildman–Crippen MR) is 123 cm³/mol. The van der Waals surface area contributed by atoms with Crippen LogP contribution in [0.2, 0.25) is 5.02 Å². The molecule has 1 saturated carbocycles. The fraction of sp³-hybridized carbons (Fsp3) is 0.320. The number of aromatic hydroxyl groups is 1. The number of benzene rings is 2. The number of fused-ring (bicyclic) bond motifs is 1. The van der Waals surface area contributed by atoms with Crippen LogP contribution in [0.15, 0.2) is 42.6 Å². The number of phenolic OH excluding ortho intramolecular Hbond substituents is 1. The molecule has 1 aromatic heterocycles. The SMILES string of the molecule is CC(=O)c1cn(CC(=O)C2C[C@H](F)C[C@H]2C(=O)NCc2cccc(Cl)c2F)c2cc(O)ccc12. The number of rotatable bonds is 7. The van der Waals surface area contributed by atoms with Crippen LogP contribution < -0.4 is 5.32 Å². The van der Waals surface area contributed by atoms with E-state index in [-0.39, 0.29) is 53.8 Å². The highest BCUT2D eigenvalue weighted by atomic mass is 35.5. The number of ketones is 2. The minimum atomic E-state index is -1.31. The number of carbonyl (C=O) groups is 3. The number of phenols is 1. The number of alkyl halides is 1. The van der Waals surface area contributed by atoms with Gasteiger partial charge >= 0.3 is 0 Å². The topological polar surface area (TPSA) is 88.4 Å². The number of nitrogens with one attached hydrogen (secondary N) is 1. The number of hydrogen-bond acceptors (Lipinski definition) is 4. The van der Waals surface area contributed by atoms with Gasteiger partial charge in [0.2, 0.25) is 5.91 Å². The lowest BCUT2D eigenvalue weighted by molar-refractivity contribution is -0.132. The molecule has 1 aliphatic carbocycles. The van der Waals surface area contributed by atoms with Gasteiger partial charge in [0.1, 0.15) is 17.7 Å². The van der Waals surface area contributed by atoms with Crippen LogP contribution in [-0.4, -0.2) is 33.3 Å². The first-order valence-corrected chi connectivity index (χ1v) is 11.2. The lowest BCUT2D eigenvalue weighted by Crippen LogP contribution is -2.36. The Kier molecular flexibility index (Phi) is 6.70. The third-order valence-corrected chi connectivity index (χ3v) is 6.60. The zero-order chi connectivity index (χ0) is 24.6. The number of carbonyl (C=O) groups excluding carboxylic acids is 3. The maximum Gasteiger partial charge on any atom is 0.224 e. The van der Waals surface area contributed by atoms with Gasteiger partial charge in [-0.05, 0) is 38.0 Å². The summed E-state index contributed by atoms with van der Waals surface area (Å²) in [5.74, 6) is -3.51. The van der Waals surface area contributed by atoms with Crippen LogP contribution in [0.3, 0.4) is 0 Å². The fourth-order valence-electron chi connectivity index (χ4n) is 4.60. The van der Waals surface area contributed by atoms with Crippen LogP contribution in [0.5, 0.6) is 5.75 Å². The Morgan fingerprint density at radius 3 is 2.65 bits per heavy atom. The molecule has 9 heteroatoms. The Balaban J connectivity index is 1.52. The van der Waals surface area contributed by atoms with Gasteiger partial charge in [0.15, 0.2) is 11.6 Å². The summed E-state index contributed by atoms with van der Waals surface area (Å²) in [5.41, 5.74) is 1.08. The molecule has 3 atom stereocenters. The third-order valence-electron chi connectivity index (χ3n) is 6.31. The van der Waals surface area contributed by atoms with E-state index >= 15 is 0 Å². The van der Waals surface area contributed by atoms with E-state index in [2.05, 4.69) is 5.32 Å². The van der Waals surface area contributed by atoms with Gasteiger partial charge in [0.25, 0.3) is 0 Å². The smallest absolute Gasteiger partial charge is 0.224 e. The van der Waals surface area contributed by atoms with E-state index < -0.39 is 29.7 Å². The van der Waals surface area contributed by atoms with Crippen molar-refractivity contribution in [3.63, 3.8) is 0 Å². The van der Waals surface area contributed by atoms with Gasteiger partial charge in [0.05, 0.1) is 23.0 Å². The Hall–Kier alpha value is -3.26. The molecule has 1 fully saturated rings. The number of nitrogens with zero attached hydrogens (tertiary/aromatic N) is 1. The second-order valence-corrected chi connectivity index (χ2v) is 9.01. The predicted octanol–water partition coefficient (Wildman–Crippen LogP) is 4.59. The van der Waals surface area contributed by atoms with E-state index in [1.165, 1.54) is 42.0 Å². The molecule has 1 unspecified atom stereocenters. The van der Waals surface area contributed by atoms with Crippen LogP contribution in [0.1, 0.15) is 35.7 Å². The van der Waals surface area contributed by atoms with Crippen LogP contribution in [0, 0.1) is 17.7 Å². The van der Waals surface area contributed by atoms with E-state index in [0.717, 1.165) is 0 Å². The van der Waals surface area contributed by atoms with Crippen LogP contribution in [-0.2, 0) is 22.7 Å². The molecule has 4 rings (SSSR count). The first-order valence-electron chi connectivity index (χ1n) is 10.9. The zero-order valence-electron chi connectivity index (χ0n) is 18.4. The van der Waals surface area contributed by atoms with Crippen molar-refractivity contribution in [3.8, 4) is 5.75 Å². The van der Waals surface area contributed by atoms with Crippen molar-refractivity contribution in [1.82, 2.24) is 9.88 Å². The summed E-state index contributed by atoms with van der Waals surface area (Å²) >= 11 is 5.77. The molecule has 2 aromatic carbocycles. The standard InChI is InChI=1S/C25H23ClF2N2O4/c1-13(31)20-11-30(22-9-16(32)5-6-17(20)22)12-23(33)18-7-15(27)8-19(18)25(34)29-10-14-3-2-4-21(26)24(14)28/h2-6,9,11,15,18-19,32H,7-8,10,12H2,1H3,(H,29,34)/t15-,18?,19+/m0/s1. The Morgan fingerprint density at radius 1 is 1.18 bits per heavy atom. The second kappa shape index (κ2) is 9.54. The summed E-state index contributed by atoms with van der Waals surface area (Å²) in [6.45, 7) is 1.09. The molecule has 0 saturated heterocycles. The van der Waals surface area contributed by atoms with Gasteiger partial charge < -0.3 is 15.0 Å². The third kappa shape index (κ3) is 4.68. The van der Waals surface area contributed by atoms with Gasteiger partial charge in [0, 0.05) is 41.2 Å². The van der Waals surface area contributed by atoms with Gasteiger partial charge in [-0.15, -0.1) is 0 Å². The molecular formula is C25H23ClF2N2O4. The van der Waals surface area contributed by atoms with Crippen molar-refractivity contribution in [2.45, 2.75) is 39.0 Å². The minimum Gasteiger partial charge on any atom is -0.508 e. The van der Waals surface area contributed by atoms with Crippen LogP contribution in [0.25, 0.3) is 10.9 Å². The quantitative estimate of drug-likeness (QED) is 0.476. The van der Waals surface area contributed by atoms with Crippen molar-refractivity contribution < 1.29 is 28.3 Å². The number of Topliss-reactive ketones (excluding diaryl/α,β-unsaturated/α-hetero) is 2. The van der Waals surface area contributed by atoms with Crippen LogP contribution >= 0.6 is 11.6 Å². The summed E-state index contributed by atoms with van der Waals surface area (Å²) in [4.78, 5) is 38.0. The lowest BCUT2D eigenvalue weighted by Gasteiger charge is -2.18. The number of halogens is 3. The Bertz CT molecular complexity index is 1290.